The summed E-state index contributed by atoms with van der Waals surface area (Å²) >= 11 is 9.98. The van der Waals surface area contributed by atoms with Gasteiger partial charge in [0.15, 0.2) is 11.5 Å². The predicted octanol–water partition coefficient (Wildman–Crippen LogP) is 5.19. The maximum Gasteiger partial charge on any atom is 0.293 e. The Labute approximate surface area is 171 Å². The Morgan fingerprint density at radius 2 is 2.07 bits per heavy atom. The molecule has 5 nitrogen and oxygen atoms in total. The topological polar surface area (TPSA) is 66.8 Å². The highest BCUT2D eigenvalue weighted by atomic mass is 79.9. The summed E-state index contributed by atoms with van der Waals surface area (Å²) in [7, 11) is 1.41. The quantitative estimate of drug-likeness (QED) is 0.620. The van der Waals surface area contributed by atoms with Gasteiger partial charge in [0.25, 0.3) is 11.1 Å². The zero-order valence-corrected chi connectivity index (χ0v) is 17.0. The van der Waals surface area contributed by atoms with E-state index in [4.69, 9.17) is 16.3 Å². The van der Waals surface area contributed by atoms with Crippen molar-refractivity contribution < 1.29 is 23.8 Å². The first-order chi connectivity index (χ1) is 12.8. The molecule has 140 valence electrons. The molecule has 0 unspecified atom stereocenters. The molecule has 2 amide bonds. The smallest absolute Gasteiger partial charge is 0.293 e. The first-order valence-corrected chi connectivity index (χ1v) is 9.54. The average molecular weight is 473 g/mol. The third-order valence-electron chi connectivity index (χ3n) is 3.79. The summed E-state index contributed by atoms with van der Waals surface area (Å²) in [6.07, 6.45) is 1.53. The number of carbonyl (C=O) groups excluding carboxylic acids is 2. The summed E-state index contributed by atoms with van der Waals surface area (Å²) in [6.45, 7) is -0.0519. The highest BCUT2D eigenvalue weighted by Crippen LogP contribution is 2.38. The van der Waals surface area contributed by atoms with E-state index in [-0.39, 0.29) is 28.0 Å². The van der Waals surface area contributed by atoms with E-state index in [1.807, 2.05) is 0 Å². The van der Waals surface area contributed by atoms with Gasteiger partial charge in [0.1, 0.15) is 5.82 Å². The first kappa shape index (κ1) is 19.7. The highest BCUT2D eigenvalue weighted by Gasteiger charge is 2.35. The van der Waals surface area contributed by atoms with Crippen LogP contribution < -0.4 is 4.74 Å². The lowest BCUT2D eigenvalue weighted by atomic mass is 10.1. The molecule has 3 rings (SSSR count). The fourth-order valence-corrected chi connectivity index (χ4v) is 3.97. The van der Waals surface area contributed by atoms with Crippen LogP contribution in [-0.2, 0) is 11.3 Å². The number of methoxy groups -OCH3 is 1. The van der Waals surface area contributed by atoms with Crippen molar-refractivity contribution in [1.82, 2.24) is 4.90 Å². The second kappa shape index (κ2) is 7.92. The Hall–Kier alpha value is -2.03. The molecule has 0 saturated carbocycles. The number of imide groups is 1. The van der Waals surface area contributed by atoms with E-state index in [1.165, 1.54) is 25.3 Å². The second-order valence-corrected chi connectivity index (χ2v) is 7.81. The maximum atomic E-state index is 13.2. The molecule has 1 saturated heterocycles. The van der Waals surface area contributed by atoms with Crippen molar-refractivity contribution in [3.8, 4) is 11.5 Å². The molecular formula is C18H12BrClFNO4S. The summed E-state index contributed by atoms with van der Waals surface area (Å²) in [5, 5.41) is 9.56. The van der Waals surface area contributed by atoms with Crippen LogP contribution in [0.1, 0.15) is 11.1 Å². The average Bonchev–Trinajstić information content (AvgIpc) is 2.87. The predicted molar refractivity (Wildman–Crippen MR) is 105 cm³/mol. The van der Waals surface area contributed by atoms with Crippen LogP contribution in [0.5, 0.6) is 11.5 Å². The van der Waals surface area contributed by atoms with Crippen molar-refractivity contribution in [2.45, 2.75) is 6.54 Å². The Balaban J connectivity index is 1.87. The van der Waals surface area contributed by atoms with Gasteiger partial charge in [-0.3, -0.25) is 14.5 Å². The minimum absolute atomic E-state index is 0.0519. The zero-order chi connectivity index (χ0) is 19.7. The number of thioether (sulfide) groups is 1. The number of phenols is 1. The monoisotopic (exact) mass is 471 g/mol. The molecule has 1 aliphatic rings. The summed E-state index contributed by atoms with van der Waals surface area (Å²) < 4.78 is 18.6. The van der Waals surface area contributed by atoms with Gasteiger partial charge in [-0.15, -0.1) is 0 Å². The summed E-state index contributed by atoms with van der Waals surface area (Å²) in [6, 6.07) is 6.93. The number of nitrogens with zero attached hydrogens (tertiary/aromatic N) is 1. The molecule has 1 aliphatic heterocycles. The van der Waals surface area contributed by atoms with Crippen LogP contribution in [-0.4, -0.2) is 28.3 Å². The molecule has 27 heavy (non-hydrogen) atoms. The molecule has 2 aromatic carbocycles. The van der Waals surface area contributed by atoms with Crippen LogP contribution in [0.4, 0.5) is 9.18 Å². The molecule has 0 aromatic heterocycles. The van der Waals surface area contributed by atoms with Gasteiger partial charge in [-0.05, 0) is 69.2 Å². The fraction of sp³-hybridized carbons (Fsp3) is 0.111. The van der Waals surface area contributed by atoms with Gasteiger partial charge in [0.2, 0.25) is 0 Å². The molecule has 9 heteroatoms. The molecular weight excluding hydrogens is 461 g/mol. The van der Waals surface area contributed by atoms with Crippen LogP contribution in [0.2, 0.25) is 5.02 Å². The lowest BCUT2D eigenvalue weighted by molar-refractivity contribution is -0.123. The molecule has 0 spiro atoms. The molecule has 1 heterocycles. The number of ether oxygens (including phenoxy) is 1. The highest BCUT2D eigenvalue weighted by molar-refractivity contribution is 9.10. The van der Waals surface area contributed by atoms with Crippen molar-refractivity contribution in [3.63, 3.8) is 0 Å². The van der Waals surface area contributed by atoms with Gasteiger partial charge in [0, 0.05) is 5.02 Å². The lowest BCUT2D eigenvalue weighted by Crippen LogP contribution is -2.27. The van der Waals surface area contributed by atoms with Crippen LogP contribution in [0.3, 0.4) is 0 Å². The van der Waals surface area contributed by atoms with E-state index in [1.54, 1.807) is 12.1 Å². The normalized spacial score (nSPS) is 15.7. The molecule has 0 aliphatic carbocycles. The van der Waals surface area contributed by atoms with Gasteiger partial charge >= 0.3 is 0 Å². The first-order valence-electron chi connectivity index (χ1n) is 7.56. The number of benzene rings is 2. The molecule has 0 bridgehead atoms. The fourth-order valence-electron chi connectivity index (χ4n) is 2.44. The van der Waals surface area contributed by atoms with Gasteiger partial charge in [-0.1, -0.05) is 17.7 Å². The number of hydrogen-bond donors (Lipinski definition) is 1. The zero-order valence-electron chi connectivity index (χ0n) is 13.8. The summed E-state index contributed by atoms with van der Waals surface area (Å²) in [4.78, 5) is 26.1. The van der Waals surface area contributed by atoms with Crippen molar-refractivity contribution in [1.29, 1.82) is 0 Å². The molecule has 0 radical (unpaired) electrons. The third kappa shape index (κ3) is 4.12. The second-order valence-electron chi connectivity index (χ2n) is 5.56. The van der Waals surface area contributed by atoms with Gasteiger partial charge < -0.3 is 9.84 Å². The van der Waals surface area contributed by atoms with Gasteiger partial charge in [-0.2, -0.15) is 0 Å². The molecule has 1 N–H and O–H groups in total. The van der Waals surface area contributed by atoms with Crippen molar-refractivity contribution in [2.24, 2.45) is 0 Å². The van der Waals surface area contributed by atoms with E-state index < -0.39 is 17.0 Å². The Morgan fingerprint density at radius 3 is 2.74 bits per heavy atom. The lowest BCUT2D eigenvalue weighted by Gasteiger charge is -2.13. The molecule has 2 aromatic rings. The Morgan fingerprint density at radius 1 is 1.33 bits per heavy atom. The van der Waals surface area contributed by atoms with E-state index in [0.717, 1.165) is 22.7 Å². The van der Waals surface area contributed by atoms with Crippen LogP contribution >= 0.6 is 39.3 Å². The Bertz CT molecular complexity index is 982. The van der Waals surface area contributed by atoms with Crippen molar-refractivity contribution in [3.05, 3.63) is 61.7 Å². The third-order valence-corrected chi connectivity index (χ3v) is 5.65. The largest absolute Gasteiger partial charge is 0.503 e. The minimum Gasteiger partial charge on any atom is -0.503 e. The minimum atomic E-state index is -0.496. The number of amides is 2. The van der Waals surface area contributed by atoms with Crippen molar-refractivity contribution in [2.75, 3.05) is 7.11 Å². The number of aromatic hydroxyl groups is 1. The number of halogens is 3. The van der Waals surface area contributed by atoms with Gasteiger partial charge in [-0.25, -0.2) is 4.39 Å². The number of rotatable bonds is 4. The van der Waals surface area contributed by atoms with E-state index in [0.29, 0.717) is 15.6 Å². The Kier molecular flexibility index (Phi) is 5.78. The number of carbonyl (C=O) groups is 2. The molecule has 1 fully saturated rings. The van der Waals surface area contributed by atoms with Gasteiger partial charge in [0.05, 0.1) is 23.0 Å². The molecule has 0 atom stereocenters. The standard InChI is InChI=1S/C18H12BrClFNO4S/c1-26-14-5-9(4-12(19)16(14)23)6-15-17(24)22(18(25)27-15)8-10-2-3-11(21)7-13(10)20/h2-7,23H,8H2,1H3. The van der Waals surface area contributed by atoms with Crippen LogP contribution in [0.15, 0.2) is 39.7 Å². The summed E-state index contributed by atoms with van der Waals surface area (Å²) in [5.41, 5.74) is 1.04. The number of hydrogen-bond acceptors (Lipinski definition) is 5. The van der Waals surface area contributed by atoms with E-state index in [9.17, 15) is 19.1 Å². The van der Waals surface area contributed by atoms with Crippen molar-refractivity contribution >= 4 is 56.5 Å². The van der Waals surface area contributed by atoms with Crippen LogP contribution in [0, 0.1) is 5.82 Å². The van der Waals surface area contributed by atoms with E-state index in [2.05, 4.69) is 15.9 Å². The van der Waals surface area contributed by atoms with Crippen LogP contribution in [0.25, 0.3) is 6.08 Å². The van der Waals surface area contributed by atoms with E-state index >= 15 is 0 Å². The number of phenolic OH excluding ortho intramolecular Hbond substituents is 1. The maximum absolute atomic E-state index is 13.2. The summed E-state index contributed by atoms with van der Waals surface area (Å²) in [5.74, 6) is -0.806. The SMILES string of the molecule is COc1cc(C=C2SC(=O)N(Cc3ccc(F)cc3Cl)C2=O)cc(Br)c1O.